The van der Waals surface area contributed by atoms with E-state index in [1.165, 1.54) is 7.11 Å². The van der Waals surface area contributed by atoms with Crippen molar-refractivity contribution in [3.8, 4) is 0 Å². The molecule has 0 aromatic heterocycles. The van der Waals surface area contributed by atoms with Gasteiger partial charge in [-0.25, -0.2) is 0 Å². The Labute approximate surface area is 78.0 Å². The van der Waals surface area contributed by atoms with Gasteiger partial charge in [0.15, 0.2) is 0 Å². The summed E-state index contributed by atoms with van der Waals surface area (Å²) in [5.41, 5.74) is -0.304. The van der Waals surface area contributed by atoms with E-state index in [0.717, 1.165) is 26.2 Å². The number of ether oxygens (including phenoxy) is 1. The lowest BCUT2D eigenvalue weighted by Gasteiger charge is -2.32. The Hall–Kier alpha value is -0.610. The summed E-state index contributed by atoms with van der Waals surface area (Å²) in [6, 6.07) is 0. The molecule has 0 bridgehead atoms. The molecule has 2 aliphatic heterocycles. The molecule has 0 radical (unpaired) electrons. The van der Waals surface area contributed by atoms with E-state index in [-0.39, 0.29) is 16.8 Å². The first-order valence-electron chi connectivity index (χ1n) is 4.64. The van der Waals surface area contributed by atoms with Gasteiger partial charge >= 0.3 is 5.97 Å². The van der Waals surface area contributed by atoms with Gasteiger partial charge in [-0.2, -0.15) is 0 Å². The van der Waals surface area contributed by atoms with E-state index in [1.54, 1.807) is 0 Å². The molecule has 2 fully saturated rings. The average Bonchev–Trinajstić information content (AvgIpc) is 2.57. The topological polar surface area (TPSA) is 50.4 Å². The van der Waals surface area contributed by atoms with E-state index >= 15 is 0 Å². The fourth-order valence-corrected chi connectivity index (χ4v) is 2.58. The molecule has 0 aliphatic carbocycles. The number of methoxy groups -OCH3 is 1. The van der Waals surface area contributed by atoms with Gasteiger partial charge in [-0.15, -0.1) is 0 Å². The van der Waals surface area contributed by atoms with Crippen LogP contribution in [0.4, 0.5) is 0 Å². The van der Waals surface area contributed by atoms with Crippen molar-refractivity contribution >= 4 is 5.97 Å². The molecule has 2 heterocycles. The molecule has 2 saturated heterocycles. The molecular weight excluding hydrogens is 168 g/mol. The lowest BCUT2D eigenvalue weighted by Crippen LogP contribution is -2.45. The van der Waals surface area contributed by atoms with Crippen molar-refractivity contribution in [2.45, 2.75) is 6.92 Å². The van der Waals surface area contributed by atoms with Crippen LogP contribution in [0.3, 0.4) is 0 Å². The zero-order valence-electron chi connectivity index (χ0n) is 8.14. The van der Waals surface area contributed by atoms with Crippen LogP contribution in [-0.2, 0) is 9.53 Å². The average molecular weight is 184 g/mol. The van der Waals surface area contributed by atoms with Crippen molar-refractivity contribution in [3.63, 3.8) is 0 Å². The highest BCUT2D eigenvalue weighted by molar-refractivity contribution is 5.79. The minimum atomic E-state index is -0.332. The Balaban J connectivity index is 2.33. The van der Waals surface area contributed by atoms with Crippen LogP contribution in [0.25, 0.3) is 0 Å². The summed E-state index contributed by atoms with van der Waals surface area (Å²) in [6.45, 7) is 5.42. The standard InChI is InChI=1S/C9H16N2O2/c1-8-3-10-5-9(8,6-11-4-8)7(12)13-2/h10-11H,3-6H2,1-2H3. The molecule has 0 spiro atoms. The smallest absolute Gasteiger partial charge is 0.315 e. The maximum atomic E-state index is 11.7. The van der Waals surface area contributed by atoms with Crippen LogP contribution in [0.1, 0.15) is 6.92 Å². The maximum Gasteiger partial charge on any atom is 0.315 e. The first-order chi connectivity index (χ1) is 6.15. The lowest BCUT2D eigenvalue weighted by atomic mass is 9.69. The molecule has 4 heteroatoms. The SMILES string of the molecule is COC(=O)C12CNCC1(C)CNC2. The Morgan fingerprint density at radius 3 is 2.23 bits per heavy atom. The second-order valence-electron chi connectivity index (χ2n) is 4.34. The molecule has 74 valence electrons. The highest BCUT2D eigenvalue weighted by atomic mass is 16.5. The van der Waals surface area contributed by atoms with Gasteiger partial charge in [-0.3, -0.25) is 4.79 Å². The number of esters is 1. The summed E-state index contributed by atoms with van der Waals surface area (Å²) in [5.74, 6) is -0.0787. The third-order valence-corrected chi connectivity index (χ3v) is 3.62. The van der Waals surface area contributed by atoms with Gasteiger partial charge in [0, 0.05) is 31.6 Å². The van der Waals surface area contributed by atoms with Crippen LogP contribution in [0.5, 0.6) is 0 Å². The van der Waals surface area contributed by atoms with Gasteiger partial charge in [0.25, 0.3) is 0 Å². The Bertz CT molecular complexity index is 230. The highest BCUT2D eigenvalue weighted by Crippen LogP contribution is 2.46. The van der Waals surface area contributed by atoms with Crippen molar-refractivity contribution in [3.05, 3.63) is 0 Å². The number of carbonyl (C=O) groups is 1. The summed E-state index contributed by atoms with van der Waals surface area (Å²) in [6.07, 6.45) is 0. The fraction of sp³-hybridized carbons (Fsp3) is 0.889. The van der Waals surface area contributed by atoms with Crippen molar-refractivity contribution in [1.82, 2.24) is 10.6 Å². The molecule has 0 atom stereocenters. The van der Waals surface area contributed by atoms with E-state index in [9.17, 15) is 4.79 Å². The normalized spacial score (nSPS) is 43.2. The van der Waals surface area contributed by atoms with E-state index < -0.39 is 0 Å². The Kier molecular flexibility index (Phi) is 1.85. The highest BCUT2D eigenvalue weighted by Gasteiger charge is 2.60. The first kappa shape index (κ1) is 8.97. The molecule has 2 rings (SSSR count). The van der Waals surface area contributed by atoms with Crippen LogP contribution in [0.15, 0.2) is 0 Å². The summed E-state index contributed by atoms with van der Waals surface area (Å²) in [7, 11) is 1.47. The molecular formula is C9H16N2O2. The zero-order valence-corrected chi connectivity index (χ0v) is 8.14. The second-order valence-corrected chi connectivity index (χ2v) is 4.34. The van der Waals surface area contributed by atoms with Crippen LogP contribution in [0.2, 0.25) is 0 Å². The Morgan fingerprint density at radius 2 is 1.77 bits per heavy atom. The third kappa shape index (κ3) is 0.957. The van der Waals surface area contributed by atoms with Crippen molar-refractivity contribution < 1.29 is 9.53 Å². The molecule has 0 amide bonds. The van der Waals surface area contributed by atoms with Gasteiger partial charge in [-0.05, 0) is 0 Å². The monoisotopic (exact) mass is 184 g/mol. The number of nitrogens with one attached hydrogen (secondary N) is 2. The predicted molar refractivity (Wildman–Crippen MR) is 48.3 cm³/mol. The number of carbonyl (C=O) groups excluding carboxylic acids is 1. The van der Waals surface area contributed by atoms with Gasteiger partial charge in [0.1, 0.15) is 5.41 Å². The number of rotatable bonds is 1. The summed E-state index contributed by atoms with van der Waals surface area (Å²) < 4.78 is 4.89. The van der Waals surface area contributed by atoms with Gasteiger partial charge in [-0.1, -0.05) is 6.92 Å². The molecule has 0 aromatic carbocycles. The second kappa shape index (κ2) is 2.69. The summed E-state index contributed by atoms with van der Waals surface area (Å²) >= 11 is 0. The van der Waals surface area contributed by atoms with Crippen molar-refractivity contribution in [1.29, 1.82) is 0 Å². The van der Waals surface area contributed by atoms with Crippen LogP contribution in [0, 0.1) is 10.8 Å². The number of hydrogen-bond donors (Lipinski definition) is 2. The number of fused-ring (bicyclic) bond motifs is 1. The molecule has 4 nitrogen and oxygen atoms in total. The quantitative estimate of drug-likeness (QED) is 0.532. The van der Waals surface area contributed by atoms with Gasteiger partial charge in [0.05, 0.1) is 7.11 Å². The minimum absolute atomic E-state index is 0.0279. The molecule has 2 N–H and O–H groups in total. The third-order valence-electron chi connectivity index (χ3n) is 3.62. The number of hydrogen-bond acceptors (Lipinski definition) is 4. The first-order valence-corrected chi connectivity index (χ1v) is 4.64. The van der Waals surface area contributed by atoms with E-state index in [2.05, 4.69) is 17.6 Å². The van der Waals surface area contributed by atoms with E-state index in [1.807, 2.05) is 0 Å². The molecule has 0 aromatic rings. The Morgan fingerprint density at radius 1 is 1.23 bits per heavy atom. The van der Waals surface area contributed by atoms with Gasteiger partial charge < -0.3 is 15.4 Å². The fourth-order valence-electron chi connectivity index (χ4n) is 2.58. The van der Waals surface area contributed by atoms with Crippen LogP contribution in [-0.4, -0.2) is 39.3 Å². The summed E-state index contributed by atoms with van der Waals surface area (Å²) in [4.78, 5) is 11.7. The zero-order chi connectivity index (χ0) is 9.53. The van der Waals surface area contributed by atoms with Crippen LogP contribution < -0.4 is 10.6 Å². The van der Waals surface area contributed by atoms with E-state index in [0.29, 0.717) is 0 Å². The van der Waals surface area contributed by atoms with E-state index in [4.69, 9.17) is 4.74 Å². The minimum Gasteiger partial charge on any atom is -0.468 e. The molecule has 0 saturated carbocycles. The molecule has 2 aliphatic rings. The largest absolute Gasteiger partial charge is 0.468 e. The molecule has 13 heavy (non-hydrogen) atoms. The van der Waals surface area contributed by atoms with Crippen molar-refractivity contribution in [2.75, 3.05) is 33.3 Å². The predicted octanol–water partition coefficient (Wildman–Crippen LogP) is -0.641. The van der Waals surface area contributed by atoms with Crippen LogP contribution >= 0.6 is 0 Å². The van der Waals surface area contributed by atoms with Gasteiger partial charge in [0.2, 0.25) is 0 Å². The lowest BCUT2D eigenvalue weighted by molar-refractivity contribution is -0.154. The summed E-state index contributed by atoms with van der Waals surface area (Å²) in [5, 5.41) is 6.56. The maximum absolute atomic E-state index is 11.7. The van der Waals surface area contributed by atoms with Crippen molar-refractivity contribution in [2.24, 2.45) is 10.8 Å². The molecule has 0 unspecified atom stereocenters.